The number of nitrogens with one attached hydrogen (secondary N) is 1. The number of hydrogen-bond acceptors (Lipinski definition) is 7. The number of halogens is 2. The highest BCUT2D eigenvalue weighted by Gasteiger charge is 2.48. The van der Waals surface area contributed by atoms with Crippen LogP contribution in [-0.2, 0) is 9.59 Å². The zero-order valence-electron chi connectivity index (χ0n) is 21.5. The molecule has 9 nitrogen and oxygen atoms in total. The van der Waals surface area contributed by atoms with Gasteiger partial charge in [-0.15, -0.1) is 0 Å². The SMILES string of the molecule is COc1ccc2nc(N3C(=O)C(=O)/C(=C(/O)c4cc(Cl)c(OC)c(Cl)c4)C3c3ccc(N(C)C)cc3)[nH]c2c1. The fourth-order valence-corrected chi connectivity index (χ4v) is 5.23. The van der Waals surface area contributed by atoms with Crippen molar-refractivity contribution in [3.8, 4) is 11.5 Å². The van der Waals surface area contributed by atoms with Gasteiger partial charge in [0.2, 0.25) is 5.95 Å². The number of rotatable bonds is 6. The summed E-state index contributed by atoms with van der Waals surface area (Å²) in [6.45, 7) is 0. The summed E-state index contributed by atoms with van der Waals surface area (Å²) in [6, 6.07) is 14.4. The molecule has 0 radical (unpaired) electrons. The highest BCUT2D eigenvalue weighted by atomic mass is 35.5. The molecule has 11 heteroatoms. The van der Waals surface area contributed by atoms with Crippen molar-refractivity contribution in [3.05, 3.63) is 81.3 Å². The van der Waals surface area contributed by atoms with Crippen molar-refractivity contribution in [1.29, 1.82) is 0 Å². The van der Waals surface area contributed by atoms with E-state index in [1.165, 1.54) is 24.1 Å². The summed E-state index contributed by atoms with van der Waals surface area (Å²) in [5, 5.41) is 11.7. The molecular formula is C28H24Cl2N4O5. The third-order valence-electron chi connectivity index (χ3n) is 6.55. The summed E-state index contributed by atoms with van der Waals surface area (Å²) in [5.41, 5.74) is 2.72. The Morgan fingerprint density at radius 1 is 1.00 bits per heavy atom. The maximum atomic E-state index is 13.5. The van der Waals surface area contributed by atoms with Gasteiger partial charge >= 0.3 is 5.91 Å². The summed E-state index contributed by atoms with van der Waals surface area (Å²) < 4.78 is 10.5. The molecule has 0 spiro atoms. The first kappa shape index (κ1) is 26.4. The summed E-state index contributed by atoms with van der Waals surface area (Å²) >= 11 is 12.6. The van der Waals surface area contributed by atoms with Gasteiger partial charge in [0.25, 0.3) is 5.78 Å². The fraction of sp³-hybridized carbons (Fsp3) is 0.179. The van der Waals surface area contributed by atoms with Crippen LogP contribution in [0.3, 0.4) is 0 Å². The van der Waals surface area contributed by atoms with E-state index in [0.29, 0.717) is 22.3 Å². The Bertz CT molecular complexity index is 1620. The number of anilines is 2. The van der Waals surface area contributed by atoms with E-state index in [-0.39, 0.29) is 32.9 Å². The van der Waals surface area contributed by atoms with Gasteiger partial charge in [-0.3, -0.25) is 14.5 Å². The molecule has 200 valence electrons. The first-order chi connectivity index (χ1) is 18.6. The number of aromatic amines is 1. The molecule has 1 saturated heterocycles. The quantitative estimate of drug-likeness (QED) is 0.178. The van der Waals surface area contributed by atoms with Crippen LogP contribution in [0.1, 0.15) is 17.2 Å². The number of aliphatic hydroxyl groups excluding tert-OH is 1. The summed E-state index contributed by atoms with van der Waals surface area (Å²) in [7, 11) is 6.77. The highest BCUT2D eigenvalue weighted by molar-refractivity contribution is 6.51. The summed E-state index contributed by atoms with van der Waals surface area (Å²) in [6.07, 6.45) is 0. The third-order valence-corrected chi connectivity index (χ3v) is 7.11. The van der Waals surface area contributed by atoms with Crippen LogP contribution in [0.5, 0.6) is 11.5 Å². The van der Waals surface area contributed by atoms with Gasteiger partial charge in [0.05, 0.1) is 46.9 Å². The lowest BCUT2D eigenvalue weighted by molar-refractivity contribution is -0.132. The highest BCUT2D eigenvalue weighted by Crippen LogP contribution is 2.44. The zero-order chi connectivity index (χ0) is 28.0. The maximum absolute atomic E-state index is 13.5. The number of fused-ring (bicyclic) bond motifs is 1. The van der Waals surface area contributed by atoms with E-state index in [2.05, 4.69) is 9.97 Å². The van der Waals surface area contributed by atoms with Gasteiger partial charge in [0.1, 0.15) is 11.5 Å². The van der Waals surface area contributed by atoms with E-state index >= 15 is 0 Å². The minimum atomic E-state index is -0.997. The second-order valence-corrected chi connectivity index (χ2v) is 9.89. The normalized spacial score (nSPS) is 16.7. The Morgan fingerprint density at radius 3 is 2.26 bits per heavy atom. The number of imidazole rings is 1. The van der Waals surface area contributed by atoms with E-state index < -0.39 is 23.5 Å². The predicted molar refractivity (Wildman–Crippen MR) is 151 cm³/mol. The molecule has 4 aromatic rings. The number of amides is 1. The van der Waals surface area contributed by atoms with Crippen LogP contribution in [0.4, 0.5) is 11.6 Å². The lowest BCUT2D eigenvalue weighted by Gasteiger charge is -2.24. The minimum absolute atomic E-state index is 0.132. The van der Waals surface area contributed by atoms with E-state index in [1.807, 2.05) is 31.1 Å². The molecule has 1 atom stereocenters. The van der Waals surface area contributed by atoms with Crippen molar-refractivity contribution >= 4 is 63.3 Å². The Balaban J connectivity index is 1.72. The standard InChI is InChI=1S/C28H24Cl2N4O5/c1-33(2)16-7-5-14(6-8-16)23-22(24(35)15-11-18(29)26(39-4)19(30)12-15)25(36)27(37)34(23)28-31-20-10-9-17(38-3)13-21(20)32-28/h5-13,23,35H,1-4H3,(H,31,32)/b24-22+. The van der Waals surface area contributed by atoms with Crippen LogP contribution in [0.2, 0.25) is 10.0 Å². The average molecular weight is 567 g/mol. The lowest BCUT2D eigenvalue weighted by atomic mass is 9.95. The lowest BCUT2D eigenvalue weighted by Crippen LogP contribution is -2.30. The maximum Gasteiger partial charge on any atom is 0.302 e. The van der Waals surface area contributed by atoms with Gasteiger partial charge in [0, 0.05) is 31.4 Å². The first-order valence-corrected chi connectivity index (χ1v) is 12.6. The molecule has 0 bridgehead atoms. The fourth-order valence-electron chi connectivity index (χ4n) is 4.58. The molecule has 2 N–H and O–H groups in total. The number of methoxy groups -OCH3 is 2. The number of ether oxygens (including phenoxy) is 2. The number of Topliss-reactive ketones (excluding diaryl/α,β-unsaturated/α-hetero) is 1. The molecule has 39 heavy (non-hydrogen) atoms. The number of aliphatic hydroxyl groups is 1. The minimum Gasteiger partial charge on any atom is -0.507 e. The van der Waals surface area contributed by atoms with Crippen molar-refractivity contribution in [2.75, 3.05) is 38.1 Å². The van der Waals surface area contributed by atoms with E-state index in [4.69, 9.17) is 32.7 Å². The van der Waals surface area contributed by atoms with E-state index in [0.717, 1.165) is 5.69 Å². The molecule has 3 aromatic carbocycles. The number of ketones is 1. The van der Waals surface area contributed by atoms with Crippen LogP contribution in [-0.4, -0.2) is 55.1 Å². The molecule has 5 rings (SSSR count). The number of H-pyrrole nitrogens is 1. The molecule has 1 fully saturated rings. The molecule has 1 amide bonds. The number of carbonyl (C=O) groups is 2. The number of carbonyl (C=O) groups excluding carboxylic acids is 2. The number of aromatic nitrogens is 2. The number of benzene rings is 3. The van der Waals surface area contributed by atoms with Crippen LogP contribution in [0.25, 0.3) is 16.8 Å². The summed E-state index contributed by atoms with van der Waals surface area (Å²) in [4.78, 5) is 37.9. The van der Waals surface area contributed by atoms with Crippen molar-refractivity contribution in [1.82, 2.24) is 9.97 Å². The van der Waals surface area contributed by atoms with Gasteiger partial charge in [-0.2, -0.15) is 0 Å². The second kappa shape index (κ2) is 10.2. The van der Waals surface area contributed by atoms with Gasteiger partial charge in [-0.25, -0.2) is 4.98 Å². The average Bonchev–Trinajstić information content (AvgIpc) is 3.45. The van der Waals surface area contributed by atoms with E-state index in [1.54, 1.807) is 37.4 Å². The van der Waals surface area contributed by atoms with Crippen LogP contribution < -0.4 is 19.3 Å². The second-order valence-electron chi connectivity index (χ2n) is 9.07. The molecule has 0 aliphatic carbocycles. The monoisotopic (exact) mass is 566 g/mol. The molecular weight excluding hydrogens is 543 g/mol. The molecule has 1 aliphatic rings. The molecule has 1 aliphatic heterocycles. The Morgan fingerprint density at radius 2 is 1.67 bits per heavy atom. The van der Waals surface area contributed by atoms with Crippen LogP contribution in [0.15, 0.2) is 60.2 Å². The molecule has 1 unspecified atom stereocenters. The van der Waals surface area contributed by atoms with Crippen molar-refractivity contribution < 1.29 is 24.2 Å². The Kier molecular flexibility index (Phi) is 6.88. The third kappa shape index (κ3) is 4.53. The topological polar surface area (TPSA) is 108 Å². The number of nitrogens with zero attached hydrogens (tertiary/aromatic N) is 3. The number of hydrogen-bond donors (Lipinski definition) is 2. The van der Waals surface area contributed by atoms with Gasteiger partial charge in [-0.1, -0.05) is 35.3 Å². The molecule has 0 saturated carbocycles. The van der Waals surface area contributed by atoms with Crippen molar-refractivity contribution in [2.45, 2.75) is 6.04 Å². The Labute approximate surface area is 234 Å². The Hall–Kier alpha value is -4.21. The van der Waals surface area contributed by atoms with Gasteiger partial charge < -0.3 is 24.5 Å². The van der Waals surface area contributed by atoms with Crippen LogP contribution >= 0.6 is 23.2 Å². The molecule has 1 aromatic heterocycles. The van der Waals surface area contributed by atoms with Gasteiger partial charge in [0.15, 0.2) is 5.75 Å². The van der Waals surface area contributed by atoms with Gasteiger partial charge in [-0.05, 0) is 42.0 Å². The predicted octanol–water partition coefficient (Wildman–Crippen LogP) is 5.58. The first-order valence-electron chi connectivity index (χ1n) is 11.8. The largest absolute Gasteiger partial charge is 0.507 e. The van der Waals surface area contributed by atoms with Crippen LogP contribution in [0, 0.1) is 0 Å². The molecule has 2 heterocycles. The van der Waals surface area contributed by atoms with Crippen molar-refractivity contribution in [3.63, 3.8) is 0 Å². The zero-order valence-corrected chi connectivity index (χ0v) is 23.0. The van der Waals surface area contributed by atoms with E-state index in [9.17, 15) is 14.7 Å². The van der Waals surface area contributed by atoms with Crippen molar-refractivity contribution in [2.24, 2.45) is 0 Å². The summed E-state index contributed by atoms with van der Waals surface area (Å²) in [5.74, 6) is -1.19. The smallest absolute Gasteiger partial charge is 0.302 e.